The van der Waals surface area contributed by atoms with Gasteiger partial charge in [0.15, 0.2) is 0 Å². The molecule has 0 aliphatic heterocycles. The topological polar surface area (TPSA) is 81.0 Å². The second-order valence-electron chi connectivity index (χ2n) is 2.71. The minimum absolute atomic E-state index is 0.179. The molecule has 0 bridgehead atoms. The molecule has 0 saturated carbocycles. The van der Waals surface area contributed by atoms with Gasteiger partial charge in [-0.1, -0.05) is 0 Å². The van der Waals surface area contributed by atoms with E-state index in [1.54, 1.807) is 14.0 Å². The molecule has 1 aromatic heterocycles. The number of aromatic nitrogens is 2. The maximum atomic E-state index is 11.3. The third kappa shape index (κ3) is 2.13. The SMILES string of the molecule is COCc1nc(C)c(CN)c(=O)[nH]1. The summed E-state index contributed by atoms with van der Waals surface area (Å²) in [7, 11) is 1.55. The third-order valence-corrected chi connectivity index (χ3v) is 1.76. The average Bonchev–Trinajstić information content (AvgIpc) is 2.04. The van der Waals surface area contributed by atoms with Crippen LogP contribution in [0.25, 0.3) is 0 Å². The minimum Gasteiger partial charge on any atom is -0.377 e. The van der Waals surface area contributed by atoms with Crippen LogP contribution in [0.5, 0.6) is 0 Å². The van der Waals surface area contributed by atoms with Crippen LogP contribution in [0.3, 0.4) is 0 Å². The van der Waals surface area contributed by atoms with Crippen LogP contribution in [-0.2, 0) is 17.9 Å². The molecule has 1 heterocycles. The second kappa shape index (κ2) is 4.15. The van der Waals surface area contributed by atoms with Gasteiger partial charge in [-0.05, 0) is 6.92 Å². The number of hydrogen-bond acceptors (Lipinski definition) is 4. The van der Waals surface area contributed by atoms with Crippen molar-refractivity contribution in [2.45, 2.75) is 20.1 Å². The van der Waals surface area contributed by atoms with Crippen molar-refractivity contribution >= 4 is 0 Å². The smallest absolute Gasteiger partial charge is 0.255 e. The number of nitrogens with zero attached hydrogens (tertiary/aromatic N) is 1. The largest absolute Gasteiger partial charge is 0.377 e. The molecule has 0 aliphatic carbocycles. The number of methoxy groups -OCH3 is 1. The summed E-state index contributed by atoms with van der Waals surface area (Å²) < 4.78 is 4.85. The number of nitrogens with one attached hydrogen (secondary N) is 1. The van der Waals surface area contributed by atoms with Crippen LogP contribution in [0.15, 0.2) is 4.79 Å². The van der Waals surface area contributed by atoms with Gasteiger partial charge in [0.2, 0.25) is 0 Å². The summed E-state index contributed by atoms with van der Waals surface area (Å²) in [5.74, 6) is 0.530. The van der Waals surface area contributed by atoms with E-state index in [9.17, 15) is 4.79 Å². The Morgan fingerprint density at radius 2 is 2.31 bits per heavy atom. The molecule has 0 radical (unpaired) electrons. The molecule has 0 saturated heterocycles. The molecule has 5 nitrogen and oxygen atoms in total. The number of rotatable bonds is 3. The first kappa shape index (κ1) is 9.88. The molecule has 0 atom stereocenters. The molecule has 5 heteroatoms. The second-order valence-corrected chi connectivity index (χ2v) is 2.71. The molecular formula is C8H13N3O2. The fourth-order valence-corrected chi connectivity index (χ4v) is 1.11. The van der Waals surface area contributed by atoms with Crippen LogP contribution in [0.4, 0.5) is 0 Å². The lowest BCUT2D eigenvalue weighted by molar-refractivity contribution is 0.177. The average molecular weight is 183 g/mol. The molecule has 3 N–H and O–H groups in total. The normalized spacial score (nSPS) is 10.4. The maximum absolute atomic E-state index is 11.3. The Balaban J connectivity index is 3.13. The van der Waals surface area contributed by atoms with Gasteiger partial charge in [-0.2, -0.15) is 0 Å². The molecule has 1 rings (SSSR count). The van der Waals surface area contributed by atoms with E-state index in [4.69, 9.17) is 10.5 Å². The molecule has 0 fully saturated rings. The van der Waals surface area contributed by atoms with E-state index in [1.165, 1.54) is 0 Å². The van der Waals surface area contributed by atoms with Crippen molar-refractivity contribution in [3.63, 3.8) is 0 Å². The van der Waals surface area contributed by atoms with Crippen LogP contribution < -0.4 is 11.3 Å². The summed E-state index contributed by atoms with van der Waals surface area (Å²) in [4.78, 5) is 18.1. The molecule has 0 amide bonds. The fraction of sp³-hybridized carbons (Fsp3) is 0.500. The highest BCUT2D eigenvalue weighted by Gasteiger charge is 2.05. The van der Waals surface area contributed by atoms with Crippen molar-refractivity contribution in [3.8, 4) is 0 Å². The van der Waals surface area contributed by atoms with Crippen LogP contribution >= 0.6 is 0 Å². The molecular weight excluding hydrogens is 170 g/mol. The highest BCUT2D eigenvalue weighted by Crippen LogP contribution is 1.98. The number of aryl methyl sites for hydroxylation is 1. The lowest BCUT2D eigenvalue weighted by Gasteiger charge is -2.03. The molecule has 0 aliphatic rings. The van der Waals surface area contributed by atoms with Crippen LogP contribution in [0.2, 0.25) is 0 Å². The summed E-state index contributed by atoms with van der Waals surface area (Å²) in [5, 5.41) is 0. The van der Waals surface area contributed by atoms with Crippen molar-refractivity contribution in [2.24, 2.45) is 5.73 Å². The number of H-pyrrole nitrogens is 1. The van der Waals surface area contributed by atoms with Gasteiger partial charge in [0, 0.05) is 19.3 Å². The van der Waals surface area contributed by atoms with E-state index in [0.717, 1.165) is 0 Å². The van der Waals surface area contributed by atoms with E-state index in [0.29, 0.717) is 23.7 Å². The number of nitrogens with two attached hydrogens (primary N) is 1. The lowest BCUT2D eigenvalue weighted by atomic mass is 10.2. The van der Waals surface area contributed by atoms with E-state index in [1.807, 2.05) is 0 Å². The molecule has 13 heavy (non-hydrogen) atoms. The molecule has 0 aromatic carbocycles. The molecule has 0 spiro atoms. The zero-order chi connectivity index (χ0) is 9.84. The first-order valence-corrected chi connectivity index (χ1v) is 3.96. The summed E-state index contributed by atoms with van der Waals surface area (Å²) in [6, 6.07) is 0. The molecule has 72 valence electrons. The highest BCUT2D eigenvalue weighted by molar-refractivity contribution is 5.15. The standard InChI is InChI=1S/C8H13N3O2/c1-5-6(3-9)8(12)11-7(10-5)4-13-2/h3-4,9H2,1-2H3,(H,10,11,12). The monoisotopic (exact) mass is 183 g/mol. The van der Waals surface area contributed by atoms with Crippen LogP contribution in [0.1, 0.15) is 17.1 Å². The van der Waals surface area contributed by atoms with E-state index in [2.05, 4.69) is 9.97 Å². The van der Waals surface area contributed by atoms with Gasteiger partial charge in [-0.25, -0.2) is 4.98 Å². The first-order valence-electron chi connectivity index (χ1n) is 3.96. The Hall–Kier alpha value is -1.20. The third-order valence-electron chi connectivity index (χ3n) is 1.76. The Bertz CT molecular complexity index is 346. The van der Waals surface area contributed by atoms with Crippen molar-refractivity contribution in [1.29, 1.82) is 0 Å². The lowest BCUT2D eigenvalue weighted by Crippen LogP contribution is -2.21. The Morgan fingerprint density at radius 1 is 1.62 bits per heavy atom. The van der Waals surface area contributed by atoms with Crippen molar-refractivity contribution in [1.82, 2.24) is 9.97 Å². The quantitative estimate of drug-likeness (QED) is 0.673. The predicted octanol–water partition coefficient (Wildman–Crippen LogP) is -0.317. The fourth-order valence-electron chi connectivity index (χ4n) is 1.11. The van der Waals surface area contributed by atoms with E-state index < -0.39 is 0 Å². The van der Waals surface area contributed by atoms with Gasteiger partial charge in [0.05, 0.1) is 5.56 Å². The molecule has 1 aromatic rings. The van der Waals surface area contributed by atoms with Crippen LogP contribution in [0, 0.1) is 6.92 Å². The summed E-state index contributed by atoms with van der Waals surface area (Å²) in [6.07, 6.45) is 0. The van der Waals surface area contributed by atoms with Gasteiger partial charge >= 0.3 is 0 Å². The Morgan fingerprint density at radius 3 is 2.77 bits per heavy atom. The van der Waals surface area contributed by atoms with Gasteiger partial charge in [0.1, 0.15) is 12.4 Å². The van der Waals surface area contributed by atoms with Crippen molar-refractivity contribution in [2.75, 3.05) is 7.11 Å². The van der Waals surface area contributed by atoms with E-state index >= 15 is 0 Å². The predicted molar refractivity (Wildman–Crippen MR) is 48.2 cm³/mol. The van der Waals surface area contributed by atoms with Crippen molar-refractivity contribution < 1.29 is 4.74 Å². The number of ether oxygens (including phenoxy) is 1. The number of aromatic amines is 1. The summed E-state index contributed by atoms with van der Waals surface area (Å²) in [6.45, 7) is 2.28. The zero-order valence-corrected chi connectivity index (χ0v) is 7.76. The maximum Gasteiger partial charge on any atom is 0.255 e. The zero-order valence-electron chi connectivity index (χ0n) is 7.76. The van der Waals surface area contributed by atoms with E-state index in [-0.39, 0.29) is 12.1 Å². The van der Waals surface area contributed by atoms with Gasteiger partial charge < -0.3 is 15.5 Å². The summed E-state index contributed by atoms with van der Waals surface area (Å²) >= 11 is 0. The van der Waals surface area contributed by atoms with Gasteiger partial charge in [-0.3, -0.25) is 4.79 Å². The Kier molecular flexibility index (Phi) is 3.16. The highest BCUT2D eigenvalue weighted by atomic mass is 16.5. The van der Waals surface area contributed by atoms with Crippen molar-refractivity contribution in [3.05, 3.63) is 27.4 Å². The van der Waals surface area contributed by atoms with Gasteiger partial charge in [-0.15, -0.1) is 0 Å². The van der Waals surface area contributed by atoms with Gasteiger partial charge in [0.25, 0.3) is 5.56 Å². The Labute approximate surface area is 75.9 Å². The number of hydrogen-bond donors (Lipinski definition) is 2. The van der Waals surface area contributed by atoms with Crippen LogP contribution in [-0.4, -0.2) is 17.1 Å². The minimum atomic E-state index is -0.179. The molecule has 0 unspecified atom stereocenters. The first-order chi connectivity index (χ1) is 6.19. The summed E-state index contributed by atoms with van der Waals surface area (Å²) in [5.41, 5.74) is 6.40.